The van der Waals surface area contributed by atoms with Gasteiger partial charge in [-0.2, -0.15) is 0 Å². The second-order valence-corrected chi connectivity index (χ2v) is 7.40. The summed E-state index contributed by atoms with van der Waals surface area (Å²) in [5, 5.41) is 6.73. The number of aliphatic imine (C=N–C) groups is 1. The average molecular weight is 538 g/mol. The first-order valence-electron chi connectivity index (χ1n) is 10.8. The Bertz CT molecular complexity index is 765. The SMILES string of the molecule is CN=C(NCCCOC(C)c1ccccc1)NCc1ccc(N2CCOCC2)cc1.I. The molecule has 0 aliphatic carbocycles. The van der Waals surface area contributed by atoms with Gasteiger partial charge in [-0.1, -0.05) is 42.5 Å². The smallest absolute Gasteiger partial charge is 0.191 e. The van der Waals surface area contributed by atoms with E-state index in [9.17, 15) is 0 Å². The van der Waals surface area contributed by atoms with Crippen molar-refractivity contribution in [2.75, 3.05) is 51.4 Å². The van der Waals surface area contributed by atoms with E-state index in [4.69, 9.17) is 9.47 Å². The third kappa shape index (κ3) is 8.66. The van der Waals surface area contributed by atoms with Crippen molar-refractivity contribution in [1.82, 2.24) is 10.6 Å². The van der Waals surface area contributed by atoms with Crippen LogP contribution in [-0.2, 0) is 16.0 Å². The summed E-state index contributed by atoms with van der Waals surface area (Å²) in [6, 6.07) is 19.0. The monoisotopic (exact) mass is 538 g/mol. The molecule has 1 aliphatic rings. The average Bonchev–Trinajstić information content (AvgIpc) is 2.82. The summed E-state index contributed by atoms with van der Waals surface area (Å²) < 4.78 is 11.3. The molecule has 0 saturated carbocycles. The van der Waals surface area contributed by atoms with Gasteiger partial charge in [0.15, 0.2) is 5.96 Å². The third-order valence-corrected chi connectivity index (χ3v) is 5.25. The number of nitrogens with zero attached hydrogens (tertiary/aromatic N) is 2. The van der Waals surface area contributed by atoms with Gasteiger partial charge in [0.1, 0.15) is 0 Å². The van der Waals surface area contributed by atoms with Crippen LogP contribution in [-0.4, -0.2) is 52.5 Å². The van der Waals surface area contributed by atoms with Crippen LogP contribution in [0.25, 0.3) is 0 Å². The molecule has 2 aromatic rings. The van der Waals surface area contributed by atoms with Gasteiger partial charge in [0.05, 0.1) is 19.3 Å². The van der Waals surface area contributed by atoms with E-state index >= 15 is 0 Å². The molecule has 31 heavy (non-hydrogen) atoms. The maximum Gasteiger partial charge on any atom is 0.191 e. The third-order valence-electron chi connectivity index (χ3n) is 5.25. The number of hydrogen-bond acceptors (Lipinski definition) is 4. The van der Waals surface area contributed by atoms with Crippen LogP contribution in [0.4, 0.5) is 5.69 Å². The molecule has 170 valence electrons. The summed E-state index contributed by atoms with van der Waals surface area (Å²) in [5.74, 6) is 0.809. The predicted octanol–water partition coefficient (Wildman–Crippen LogP) is 3.97. The second-order valence-electron chi connectivity index (χ2n) is 7.40. The van der Waals surface area contributed by atoms with Crippen molar-refractivity contribution in [3.63, 3.8) is 0 Å². The molecule has 1 aliphatic heterocycles. The van der Waals surface area contributed by atoms with E-state index in [-0.39, 0.29) is 30.1 Å². The summed E-state index contributed by atoms with van der Waals surface area (Å²) >= 11 is 0. The highest BCUT2D eigenvalue weighted by Crippen LogP contribution is 2.17. The van der Waals surface area contributed by atoms with E-state index in [0.29, 0.717) is 6.61 Å². The topological polar surface area (TPSA) is 58.1 Å². The Hall–Kier alpha value is -1.84. The standard InChI is InChI=1S/C24H34N4O2.HI/c1-20(22-7-4-3-5-8-22)30-16-6-13-26-24(25-2)27-19-21-9-11-23(12-10-21)28-14-17-29-18-15-28;/h3-5,7-12,20H,6,13-19H2,1-2H3,(H2,25,26,27);1H. The first-order chi connectivity index (χ1) is 14.8. The van der Waals surface area contributed by atoms with Gasteiger partial charge in [-0.05, 0) is 36.6 Å². The maximum absolute atomic E-state index is 5.92. The minimum absolute atomic E-state index is 0. The van der Waals surface area contributed by atoms with Gasteiger partial charge in [-0.3, -0.25) is 4.99 Å². The van der Waals surface area contributed by atoms with Crippen molar-refractivity contribution in [3.05, 3.63) is 65.7 Å². The van der Waals surface area contributed by atoms with Crippen LogP contribution < -0.4 is 15.5 Å². The number of morpholine rings is 1. The highest BCUT2D eigenvalue weighted by molar-refractivity contribution is 14.0. The Labute approximate surface area is 203 Å². The van der Waals surface area contributed by atoms with Crippen molar-refractivity contribution >= 4 is 35.6 Å². The molecule has 1 unspecified atom stereocenters. The van der Waals surface area contributed by atoms with Gasteiger partial charge in [0.25, 0.3) is 0 Å². The molecule has 1 atom stereocenters. The molecule has 2 N–H and O–H groups in total. The van der Waals surface area contributed by atoms with Crippen LogP contribution in [0.15, 0.2) is 59.6 Å². The van der Waals surface area contributed by atoms with Crippen molar-refractivity contribution in [3.8, 4) is 0 Å². The lowest BCUT2D eigenvalue weighted by molar-refractivity contribution is 0.0646. The first-order valence-corrected chi connectivity index (χ1v) is 10.8. The lowest BCUT2D eigenvalue weighted by atomic mass is 10.1. The van der Waals surface area contributed by atoms with E-state index in [1.807, 2.05) is 18.2 Å². The fraction of sp³-hybridized carbons (Fsp3) is 0.458. The Morgan fingerprint density at radius 2 is 1.77 bits per heavy atom. The van der Waals surface area contributed by atoms with Gasteiger partial charge in [-0.25, -0.2) is 0 Å². The molecule has 0 amide bonds. The van der Waals surface area contributed by atoms with E-state index in [1.165, 1.54) is 16.8 Å². The van der Waals surface area contributed by atoms with Crippen LogP contribution in [0.3, 0.4) is 0 Å². The maximum atomic E-state index is 5.92. The molecular weight excluding hydrogens is 503 g/mol. The number of guanidine groups is 1. The molecular formula is C24H35IN4O2. The molecule has 0 aromatic heterocycles. The van der Waals surface area contributed by atoms with Crippen molar-refractivity contribution in [2.24, 2.45) is 4.99 Å². The zero-order valence-corrected chi connectivity index (χ0v) is 20.9. The molecule has 7 heteroatoms. The quantitative estimate of drug-likeness (QED) is 0.219. The Balaban J connectivity index is 0.00000341. The zero-order chi connectivity index (χ0) is 21.0. The minimum atomic E-state index is 0. The molecule has 0 spiro atoms. The van der Waals surface area contributed by atoms with Crippen LogP contribution in [0.5, 0.6) is 0 Å². The molecule has 0 radical (unpaired) electrons. The van der Waals surface area contributed by atoms with E-state index in [0.717, 1.165) is 51.8 Å². The normalized spacial score (nSPS) is 15.2. The lowest BCUT2D eigenvalue weighted by Gasteiger charge is -2.28. The second kappa shape index (κ2) is 14.3. The Kier molecular flexibility index (Phi) is 11.7. The fourth-order valence-electron chi connectivity index (χ4n) is 3.41. The zero-order valence-electron chi connectivity index (χ0n) is 18.5. The van der Waals surface area contributed by atoms with Crippen LogP contribution in [0.1, 0.15) is 30.6 Å². The largest absolute Gasteiger partial charge is 0.378 e. The molecule has 1 fully saturated rings. The highest BCUT2D eigenvalue weighted by atomic mass is 127. The lowest BCUT2D eigenvalue weighted by Crippen LogP contribution is -2.37. The molecule has 3 rings (SSSR count). The van der Waals surface area contributed by atoms with Gasteiger partial charge in [-0.15, -0.1) is 24.0 Å². The molecule has 2 aromatic carbocycles. The van der Waals surface area contributed by atoms with Crippen molar-refractivity contribution < 1.29 is 9.47 Å². The van der Waals surface area contributed by atoms with Crippen molar-refractivity contribution in [1.29, 1.82) is 0 Å². The molecule has 1 heterocycles. The van der Waals surface area contributed by atoms with E-state index < -0.39 is 0 Å². The number of ether oxygens (including phenoxy) is 2. The number of anilines is 1. The number of rotatable bonds is 9. The fourth-order valence-corrected chi connectivity index (χ4v) is 3.41. The van der Waals surface area contributed by atoms with E-state index in [1.54, 1.807) is 7.05 Å². The van der Waals surface area contributed by atoms with Crippen LogP contribution in [0, 0.1) is 0 Å². The minimum Gasteiger partial charge on any atom is -0.378 e. The summed E-state index contributed by atoms with van der Waals surface area (Å²) in [6.45, 7) is 7.89. The van der Waals surface area contributed by atoms with Crippen LogP contribution in [0.2, 0.25) is 0 Å². The predicted molar refractivity (Wildman–Crippen MR) is 139 cm³/mol. The summed E-state index contributed by atoms with van der Waals surface area (Å²) in [5.41, 5.74) is 3.70. The summed E-state index contributed by atoms with van der Waals surface area (Å²) in [7, 11) is 1.80. The molecule has 6 nitrogen and oxygen atoms in total. The Morgan fingerprint density at radius 3 is 2.45 bits per heavy atom. The van der Waals surface area contributed by atoms with Gasteiger partial charge < -0.3 is 25.0 Å². The number of hydrogen-bond donors (Lipinski definition) is 2. The number of nitrogens with one attached hydrogen (secondary N) is 2. The van der Waals surface area contributed by atoms with Gasteiger partial charge in [0.2, 0.25) is 0 Å². The van der Waals surface area contributed by atoms with Crippen molar-refractivity contribution in [2.45, 2.75) is 26.0 Å². The van der Waals surface area contributed by atoms with Gasteiger partial charge in [0, 0.05) is 45.5 Å². The van der Waals surface area contributed by atoms with E-state index in [2.05, 4.69) is 63.8 Å². The Morgan fingerprint density at radius 1 is 1.06 bits per heavy atom. The first kappa shape index (κ1) is 25.4. The molecule has 0 bridgehead atoms. The summed E-state index contributed by atoms with van der Waals surface area (Å²) in [4.78, 5) is 6.67. The summed E-state index contributed by atoms with van der Waals surface area (Å²) in [6.07, 6.45) is 1.04. The number of halogens is 1. The molecule has 1 saturated heterocycles. The van der Waals surface area contributed by atoms with Crippen LogP contribution >= 0.6 is 24.0 Å². The highest BCUT2D eigenvalue weighted by Gasteiger charge is 2.10. The van der Waals surface area contributed by atoms with Gasteiger partial charge >= 0.3 is 0 Å². The number of benzene rings is 2.